The van der Waals surface area contributed by atoms with Crippen molar-refractivity contribution in [1.29, 1.82) is 5.26 Å². The topological polar surface area (TPSA) is 79.6 Å². The van der Waals surface area contributed by atoms with Crippen LogP contribution in [-0.2, 0) is 20.7 Å². The number of likely N-dealkylation sites (N-methyl/N-ethyl adjacent to an activating group) is 1. The molecule has 0 aromatic heterocycles. The number of rotatable bonds is 7. The first kappa shape index (κ1) is 18.4. The monoisotopic (exact) mass is 322 g/mol. The fraction of sp³-hybridized carbons (Fsp3) is 0.438. The molecule has 0 saturated heterocycles. The molecule has 0 heterocycles. The number of amides is 1. The van der Waals surface area contributed by atoms with E-state index in [1.807, 2.05) is 6.07 Å². The Morgan fingerprint density at radius 3 is 2.70 bits per heavy atom. The van der Waals surface area contributed by atoms with E-state index in [1.54, 1.807) is 6.07 Å². The molecule has 0 spiro atoms. The summed E-state index contributed by atoms with van der Waals surface area (Å²) in [4.78, 5) is 25.1. The third kappa shape index (κ3) is 5.58. The van der Waals surface area contributed by atoms with Gasteiger partial charge in [-0.05, 0) is 24.6 Å². The van der Waals surface area contributed by atoms with Gasteiger partial charge in [-0.15, -0.1) is 0 Å². The van der Waals surface area contributed by atoms with Crippen molar-refractivity contribution in [2.24, 2.45) is 0 Å². The van der Waals surface area contributed by atoms with Crippen LogP contribution in [-0.4, -0.2) is 43.6 Å². The van der Waals surface area contributed by atoms with Gasteiger partial charge in [0.25, 0.3) is 5.91 Å². The number of nitriles is 1. The molecule has 1 aromatic rings. The average molecular weight is 322 g/mol. The minimum absolute atomic E-state index is 0.0878. The number of methoxy groups -OCH3 is 1. The molecule has 0 bridgehead atoms. The van der Waals surface area contributed by atoms with Crippen molar-refractivity contribution in [1.82, 2.24) is 4.90 Å². The summed E-state index contributed by atoms with van der Waals surface area (Å²) < 4.78 is 23.4. The minimum Gasteiger partial charge on any atom is -0.494 e. The van der Waals surface area contributed by atoms with Crippen LogP contribution in [0.15, 0.2) is 18.2 Å². The molecule has 7 heteroatoms. The smallest absolute Gasteiger partial charge is 0.311 e. The molecule has 1 rings (SSSR count). The molecule has 23 heavy (non-hydrogen) atoms. The van der Waals surface area contributed by atoms with E-state index in [0.717, 1.165) is 0 Å². The molecule has 0 radical (unpaired) electrons. The van der Waals surface area contributed by atoms with Crippen molar-refractivity contribution in [3.8, 4) is 11.8 Å². The van der Waals surface area contributed by atoms with Gasteiger partial charge in [-0.25, -0.2) is 4.39 Å². The molecular weight excluding hydrogens is 303 g/mol. The zero-order valence-corrected chi connectivity index (χ0v) is 13.3. The summed E-state index contributed by atoms with van der Waals surface area (Å²) in [5, 5.41) is 8.49. The summed E-state index contributed by atoms with van der Waals surface area (Å²) in [6.45, 7) is 1.72. The molecule has 124 valence electrons. The lowest BCUT2D eigenvalue weighted by Crippen LogP contribution is -2.38. The Kier molecular flexibility index (Phi) is 7.00. The Morgan fingerprint density at radius 2 is 2.13 bits per heavy atom. The molecule has 1 aromatic carbocycles. The van der Waals surface area contributed by atoms with Gasteiger partial charge in [0.15, 0.2) is 17.7 Å². The van der Waals surface area contributed by atoms with Gasteiger partial charge in [0.05, 0.1) is 26.0 Å². The van der Waals surface area contributed by atoms with Gasteiger partial charge in [-0.3, -0.25) is 9.59 Å². The van der Waals surface area contributed by atoms with E-state index in [9.17, 15) is 14.0 Å². The zero-order valence-electron chi connectivity index (χ0n) is 13.3. The van der Waals surface area contributed by atoms with Gasteiger partial charge in [-0.2, -0.15) is 5.26 Å². The average Bonchev–Trinajstić information content (AvgIpc) is 2.51. The van der Waals surface area contributed by atoms with E-state index < -0.39 is 23.8 Å². The van der Waals surface area contributed by atoms with Gasteiger partial charge in [0.2, 0.25) is 0 Å². The van der Waals surface area contributed by atoms with Crippen molar-refractivity contribution in [2.45, 2.75) is 25.9 Å². The zero-order chi connectivity index (χ0) is 17.4. The highest BCUT2D eigenvalue weighted by molar-refractivity contribution is 5.83. The molecule has 0 N–H and O–H groups in total. The first-order chi connectivity index (χ1) is 10.9. The highest BCUT2D eigenvalue weighted by Crippen LogP contribution is 2.18. The van der Waals surface area contributed by atoms with Crippen LogP contribution in [0.1, 0.15) is 18.9 Å². The van der Waals surface area contributed by atoms with E-state index in [2.05, 4.69) is 0 Å². The predicted octanol–water partition coefficient (Wildman–Crippen LogP) is 1.68. The highest BCUT2D eigenvalue weighted by atomic mass is 19.1. The summed E-state index contributed by atoms with van der Waals surface area (Å²) in [5.74, 6) is -1.51. The Bertz CT molecular complexity index is 613. The Hall–Kier alpha value is -2.62. The molecule has 6 nitrogen and oxygen atoms in total. The number of carbonyl (C=O) groups is 2. The summed E-state index contributed by atoms with van der Waals surface area (Å²) in [7, 11) is 2.88. The highest BCUT2D eigenvalue weighted by Gasteiger charge is 2.21. The quantitative estimate of drug-likeness (QED) is 0.714. The molecule has 0 aliphatic heterocycles. The second-order valence-electron chi connectivity index (χ2n) is 4.95. The van der Waals surface area contributed by atoms with Crippen LogP contribution in [0.4, 0.5) is 4.39 Å². The maximum Gasteiger partial charge on any atom is 0.311 e. The Morgan fingerprint density at radius 1 is 1.43 bits per heavy atom. The fourth-order valence-electron chi connectivity index (χ4n) is 1.91. The van der Waals surface area contributed by atoms with Crippen LogP contribution in [0.25, 0.3) is 0 Å². The molecule has 0 fully saturated rings. The normalized spacial score (nSPS) is 11.3. The van der Waals surface area contributed by atoms with E-state index in [1.165, 1.54) is 38.1 Å². The van der Waals surface area contributed by atoms with Crippen LogP contribution in [0.3, 0.4) is 0 Å². The second kappa shape index (κ2) is 8.73. The first-order valence-corrected chi connectivity index (χ1v) is 7.02. The Labute approximate surface area is 134 Å². The molecule has 0 aliphatic rings. The van der Waals surface area contributed by atoms with Crippen molar-refractivity contribution >= 4 is 11.9 Å². The molecule has 1 atom stereocenters. The molecule has 0 saturated carbocycles. The van der Waals surface area contributed by atoms with E-state index in [4.69, 9.17) is 14.7 Å². The number of halogens is 1. The number of hydrogen-bond donors (Lipinski definition) is 0. The SMILES string of the molecule is COc1ccc(CC(=O)O[C@H](C)C(=O)N(C)CCC#N)cc1F. The Balaban J connectivity index is 2.57. The third-order valence-electron chi connectivity index (χ3n) is 3.16. The van der Waals surface area contributed by atoms with Gasteiger partial charge >= 0.3 is 5.97 Å². The van der Waals surface area contributed by atoms with Crippen LogP contribution in [0.5, 0.6) is 5.75 Å². The lowest BCUT2D eigenvalue weighted by molar-refractivity contribution is -0.157. The van der Waals surface area contributed by atoms with Gasteiger partial charge in [0, 0.05) is 13.6 Å². The van der Waals surface area contributed by atoms with E-state index in [-0.39, 0.29) is 25.1 Å². The van der Waals surface area contributed by atoms with Gasteiger partial charge in [-0.1, -0.05) is 6.07 Å². The fourth-order valence-corrected chi connectivity index (χ4v) is 1.91. The summed E-state index contributed by atoms with van der Waals surface area (Å²) in [6.07, 6.45) is -0.914. The molecule has 0 unspecified atom stereocenters. The maximum atomic E-state index is 13.6. The number of carbonyl (C=O) groups excluding carboxylic acids is 2. The number of benzene rings is 1. The molecule has 0 aliphatic carbocycles. The van der Waals surface area contributed by atoms with Crippen molar-refractivity contribution in [2.75, 3.05) is 20.7 Å². The van der Waals surface area contributed by atoms with Gasteiger partial charge < -0.3 is 14.4 Å². The summed E-state index contributed by atoms with van der Waals surface area (Å²) >= 11 is 0. The van der Waals surface area contributed by atoms with Crippen molar-refractivity contribution < 1.29 is 23.5 Å². The number of hydrogen-bond acceptors (Lipinski definition) is 5. The number of esters is 1. The van der Waals surface area contributed by atoms with Crippen molar-refractivity contribution in [3.05, 3.63) is 29.6 Å². The second-order valence-corrected chi connectivity index (χ2v) is 4.95. The van der Waals surface area contributed by atoms with Crippen molar-refractivity contribution in [3.63, 3.8) is 0 Å². The van der Waals surface area contributed by atoms with Gasteiger partial charge in [0.1, 0.15) is 0 Å². The number of nitrogens with zero attached hydrogens (tertiary/aromatic N) is 2. The van der Waals surface area contributed by atoms with E-state index >= 15 is 0 Å². The maximum absolute atomic E-state index is 13.6. The lowest BCUT2D eigenvalue weighted by atomic mass is 10.1. The minimum atomic E-state index is -0.964. The first-order valence-electron chi connectivity index (χ1n) is 7.02. The summed E-state index contributed by atoms with van der Waals surface area (Å²) in [5.41, 5.74) is 0.422. The molecule has 1 amide bonds. The molecular formula is C16H19FN2O4. The summed E-state index contributed by atoms with van der Waals surface area (Å²) in [6, 6.07) is 6.09. The number of ether oxygens (including phenoxy) is 2. The van der Waals surface area contributed by atoms with Crippen LogP contribution in [0, 0.1) is 17.1 Å². The van der Waals surface area contributed by atoms with Crippen LogP contribution < -0.4 is 4.74 Å². The van der Waals surface area contributed by atoms with Crippen LogP contribution in [0.2, 0.25) is 0 Å². The third-order valence-corrected chi connectivity index (χ3v) is 3.16. The predicted molar refractivity (Wildman–Crippen MR) is 80.1 cm³/mol. The van der Waals surface area contributed by atoms with Crippen LogP contribution >= 0.6 is 0 Å². The lowest BCUT2D eigenvalue weighted by Gasteiger charge is -2.20. The largest absolute Gasteiger partial charge is 0.494 e. The standard InChI is InChI=1S/C16H19FN2O4/c1-11(16(21)19(2)8-4-7-18)23-15(20)10-12-5-6-14(22-3)13(17)9-12/h5-6,9,11H,4,8,10H2,1-3H3/t11-/m1/s1. The van der Waals surface area contributed by atoms with E-state index in [0.29, 0.717) is 5.56 Å².